The Kier molecular flexibility index (Phi) is 4.20. The van der Waals surface area contributed by atoms with Gasteiger partial charge in [-0.1, -0.05) is 34.6 Å². The van der Waals surface area contributed by atoms with Crippen LogP contribution < -0.4 is 5.73 Å². The predicted molar refractivity (Wildman–Crippen MR) is 121 cm³/mol. The zero-order valence-corrected chi connectivity index (χ0v) is 20.4. The van der Waals surface area contributed by atoms with Gasteiger partial charge in [-0.2, -0.15) is 0 Å². The van der Waals surface area contributed by atoms with E-state index < -0.39 is 6.10 Å². The third kappa shape index (κ3) is 2.14. The van der Waals surface area contributed by atoms with Crippen molar-refractivity contribution < 1.29 is 14.9 Å². The van der Waals surface area contributed by atoms with Crippen molar-refractivity contribution in [2.24, 2.45) is 56.5 Å². The summed E-state index contributed by atoms with van der Waals surface area (Å²) in [5.41, 5.74) is 6.87. The molecule has 0 aromatic heterocycles. The molecule has 1 heterocycles. The Morgan fingerprint density at radius 3 is 2.32 bits per heavy atom. The van der Waals surface area contributed by atoms with Crippen LogP contribution in [-0.2, 0) is 4.74 Å². The molecule has 0 radical (unpaired) electrons. The lowest BCUT2D eigenvalue weighted by Gasteiger charge is -2.63. The highest BCUT2D eigenvalue weighted by molar-refractivity contribution is 5.32. The van der Waals surface area contributed by atoms with E-state index in [2.05, 4.69) is 34.6 Å². The fourth-order valence-electron chi connectivity index (χ4n) is 11.5. The van der Waals surface area contributed by atoms with Crippen molar-refractivity contribution >= 4 is 0 Å². The number of fused-ring (bicyclic) bond motifs is 4. The molecule has 176 valence electrons. The summed E-state index contributed by atoms with van der Waals surface area (Å²) in [5.74, 6) is 2.19. The molecule has 2 spiro atoms. The third-order valence-corrected chi connectivity index (χ3v) is 13.1. The van der Waals surface area contributed by atoms with E-state index >= 15 is 0 Å². The lowest BCUT2D eigenvalue weighted by molar-refractivity contribution is -0.182. The Hall–Kier alpha value is -0.160. The molecule has 5 saturated carbocycles. The predicted octanol–water partition coefficient (Wildman–Crippen LogP) is 4.12. The summed E-state index contributed by atoms with van der Waals surface area (Å²) in [4.78, 5) is 0. The van der Waals surface area contributed by atoms with Gasteiger partial charge in [-0.15, -0.1) is 0 Å². The zero-order valence-electron chi connectivity index (χ0n) is 20.4. The molecule has 31 heavy (non-hydrogen) atoms. The number of aliphatic hydroxyl groups excluding tert-OH is 2. The Labute approximate surface area is 188 Å². The average molecular weight is 432 g/mol. The number of ether oxygens (including phenoxy) is 1. The molecule has 5 aliphatic carbocycles. The Morgan fingerprint density at radius 1 is 0.935 bits per heavy atom. The Morgan fingerprint density at radius 2 is 1.61 bits per heavy atom. The highest BCUT2D eigenvalue weighted by atomic mass is 16.5. The molecule has 0 amide bonds. The van der Waals surface area contributed by atoms with Gasteiger partial charge < -0.3 is 20.7 Å². The SMILES string of the molecule is C[C@@H]1C[C@H](CN)O[C@H]2[C@H]1[C@@]1(C)CC[C@@]34C[C@@]35CC[C@H](O)C(C)(C)C5CCC4[C@]1(C)[C@H]2O. The van der Waals surface area contributed by atoms with E-state index in [1.54, 1.807) is 0 Å². The second-order valence-electron chi connectivity index (χ2n) is 13.9. The van der Waals surface area contributed by atoms with Gasteiger partial charge in [0.05, 0.1) is 24.4 Å². The van der Waals surface area contributed by atoms with E-state index in [0.29, 0.717) is 41.0 Å². The first-order valence-electron chi connectivity index (χ1n) is 13.2. The normalized spacial score (nSPS) is 63.9. The van der Waals surface area contributed by atoms with Crippen molar-refractivity contribution in [3.8, 4) is 0 Å². The summed E-state index contributed by atoms with van der Waals surface area (Å²) in [5, 5.41) is 22.8. The van der Waals surface area contributed by atoms with Crippen LogP contribution in [0.25, 0.3) is 0 Å². The van der Waals surface area contributed by atoms with Crippen LogP contribution in [0.4, 0.5) is 0 Å². The molecular formula is C27H45NO3. The Bertz CT molecular complexity index is 784. The van der Waals surface area contributed by atoms with Crippen LogP contribution in [0, 0.1) is 50.7 Å². The monoisotopic (exact) mass is 431 g/mol. The zero-order chi connectivity index (χ0) is 22.2. The second kappa shape index (κ2) is 6.09. The summed E-state index contributed by atoms with van der Waals surface area (Å²) in [7, 11) is 0. The van der Waals surface area contributed by atoms with Gasteiger partial charge in [0.25, 0.3) is 0 Å². The minimum atomic E-state index is -0.391. The van der Waals surface area contributed by atoms with Gasteiger partial charge in [0.1, 0.15) is 0 Å². The van der Waals surface area contributed by atoms with Gasteiger partial charge in [-0.05, 0) is 96.7 Å². The minimum absolute atomic E-state index is 0.0165. The van der Waals surface area contributed by atoms with Gasteiger partial charge in [0.2, 0.25) is 0 Å². The van der Waals surface area contributed by atoms with Gasteiger partial charge >= 0.3 is 0 Å². The lowest BCUT2D eigenvalue weighted by atomic mass is 9.41. The lowest BCUT2D eigenvalue weighted by Crippen LogP contribution is -2.59. The molecule has 4 N–H and O–H groups in total. The molecule has 0 aromatic carbocycles. The number of hydrogen-bond donors (Lipinski definition) is 3. The molecule has 6 fully saturated rings. The maximum absolute atomic E-state index is 12.0. The van der Waals surface area contributed by atoms with Gasteiger partial charge in [0, 0.05) is 12.0 Å². The Balaban J connectivity index is 1.41. The van der Waals surface area contributed by atoms with Crippen LogP contribution in [0.2, 0.25) is 0 Å². The quantitative estimate of drug-likeness (QED) is 0.584. The molecule has 4 heteroatoms. The summed E-state index contributed by atoms with van der Waals surface area (Å²) in [6.07, 6.45) is 8.95. The fraction of sp³-hybridized carbons (Fsp3) is 1.00. The smallest absolute Gasteiger partial charge is 0.0880 e. The third-order valence-electron chi connectivity index (χ3n) is 13.1. The summed E-state index contributed by atoms with van der Waals surface area (Å²) in [6.45, 7) is 12.6. The van der Waals surface area contributed by atoms with E-state index in [4.69, 9.17) is 10.5 Å². The minimum Gasteiger partial charge on any atom is -0.393 e. The van der Waals surface area contributed by atoms with Crippen LogP contribution in [-0.4, -0.2) is 41.2 Å². The summed E-state index contributed by atoms with van der Waals surface area (Å²) < 4.78 is 6.53. The second-order valence-corrected chi connectivity index (χ2v) is 13.9. The molecular weight excluding hydrogens is 386 g/mol. The first-order valence-corrected chi connectivity index (χ1v) is 13.2. The van der Waals surface area contributed by atoms with E-state index in [-0.39, 0.29) is 34.6 Å². The first-order chi connectivity index (χ1) is 14.5. The maximum atomic E-state index is 12.0. The van der Waals surface area contributed by atoms with Crippen LogP contribution in [0.5, 0.6) is 0 Å². The van der Waals surface area contributed by atoms with Gasteiger partial charge in [-0.25, -0.2) is 0 Å². The topological polar surface area (TPSA) is 75.7 Å². The van der Waals surface area contributed by atoms with E-state index in [9.17, 15) is 10.2 Å². The van der Waals surface area contributed by atoms with Crippen molar-refractivity contribution in [3.63, 3.8) is 0 Å². The highest BCUT2D eigenvalue weighted by Gasteiger charge is 2.84. The van der Waals surface area contributed by atoms with Crippen molar-refractivity contribution in [2.75, 3.05) is 6.54 Å². The van der Waals surface area contributed by atoms with E-state index in [1.807, 2.05) is 0 Å². The van der Waals surface area contributed by atoms with E-state index in [1.165, 1.54) is 38.5 Å². The molecule has 0 bridgehead atoms. The number of rotatable bonds is 1. The standard InChI is InChI=1S/C27H45NO3/c1-15-12-16(13-28)31-21-20(15)24(4)10-11-27-14-26(27)9-8-19(29)23(2,3)17(26)6-7-18(27)25(24,5)22(21)30/h15-22,29-30H,6-14,28H2,1-5H3/t15-,16-,17?,18?,19+,20+,21+,22+,24-,25-,26-,27+/m1/s1. The van der Waals surface area contributed by atoms with Gasteiger partial charge in [0.15, 0.2) is 0 Å². The van der Waals surface area contributed by atoms with Crippen molar-refractivity contribution in [2.45, 2.75) is 110 Å². The van der Waals surface area contributed by atoms with Crippen molar-refractivity contribution in [3.05, 3.63) is 0 Å². The fourth-order valence-corrected chi connectivity index (χ4v) is 11.5. The molecule has 6 aliphatic rings. The molecule has 6 rings (SSSR count). The van der Waals surface area contributed by atoms with Gasteiger partial charge in [-0.3, -0.25) is 0 Å². The molecule has 2 unspecified atom stereocenters. The first kappa shape index (κ1) is 21.4. The maximum Gasteiger partial charge on any atom is 0.0880 e. The van der Waals surface area contributed by atoms with Crippen LogP contribution >= 0.6 is 0 Å². The largest absolute Gasteiger partial charge is 0.393 e. The van der Waals surface area contributed by atoms with Crippen LogP contribution in [0.15, 0.2) is 0 Å². The highest BCUT2D eigenvalue weighted by Crippen LogP contribution is 2.89. The summed E-state index contributed by atoms with van der Waals surface area (Å²) in [6, 6.07) is 0. The average Bonchev–Trinajstić information content (AvgIpc) is 3.36. The van der Waals surface area contributed by atoms with Crippen LogP contribution in [0.1, 0.15) is 86.0 Å². The van der Waals surface area contributed by atoms with E-state index in [0.717, 1.165) is 12.8 Å². The van der Waals surface area contributed by atoms with Crippen molar-refractivity contribution in [1.29, 1.82) is 0 Å². The molecule has 12 atom stereocenters. The molecule has 1 aliphatic heterocycles. The van der Waals surface area contributed by atoms with Crippen molar-refractivity contribution in [1.82, 2.24) is 0 Å². The number of hydrogen-bond acceptors (Lipinski definition) is 4. The van der Waals surface area contributed by atoms with Crippen LogP contribution in [0.3, 0.4) is 0 Å². The number of nitrogens with two attached hydrogens (primary N) is 1. The molecule has 1 saturated heterocycles. The molecule has 4 nitrogen and oxygen atoms in total. The molecule has 0 aromatic rings. The summed E-state index contributed by atoms with van der Waals surface area (Å²) >= 11 is 0. The number of aliphatic hydroxyl groups is 2.